The molecule has 2 aromatic rings. The van der Waals surface area contributed by atoms with Gasteiger partial charge in [-0.3, -0.25) is 4.79 Å². The highest BCUT2D eigenvalue weighted by molar-refractivity contribution is 6.29. The van der Waals surface area contributed by atoms with Crippen LogP contribution in [0.1, 0.15) is 10.4 Å². The topological polar surface area (TPSA) is 80.9 Å². The van der Waals surface area contributed by atoms with Crippen molar-refractivity contribution in [3.05, 3.63) is 47.1 Å². The standard InChI is InChI=1S/C11H8ClFN4O/c12-9-4-10(16-5-15-9)17-11(18)6-1-2-8(14)7(13)3-6/h1-5H,14H2,(H,15,16,17,18). The van der Waals surface area contributed by atoms with Gasteiger partial charge < -0.3 is 11.1 Å². The highest BCUT2D eigenvalue weighted by Crippen LogP contribution is 2.14. The van der Waals surface area contributed by atoms with E-state index in [9.17, 15) is 9.18 Å². The normalized spacial score (nSPS) is 10.1. The fourth-order valence-corrected chi connectivity index (χ4v) is 1.41. The first-order valence-corrected chi connectivity index (χ1v) is 5.28. The summed E-state index contributed by atoms with van der Waals surface area (Å²) >= 11 is 5.64. The molecule has 0 bridgehead atoms. The number of nitrogens with zero attached hydrogens (tertiary/aromatic N) is 2. The number of amides is 1. The number of benzene rings is 1. The number of halogens is 2. The highest BCUT2D eigenvalue weighted by Gasteiger charge is 2.09. The van der Waals surface area contributed by atoms with Crippen LogP contribution in [-0.2, 0) is 0 Å². The number of aromatic nitrogens is 2. The third kappa shape index (κ3) is 2.72. The minimum absolute atomic E-state index is 0.0170. The zero-order chi connectivity index (χ0) is 13.1. The zero-order valence-corrected chi connectivity index (χ0v) is 9.78. The molecule has 0 radical (unpaired) electrons. The van der Waals surface area contributed by atoms with Crippen LogP contribution in [0.5, 0.6) is 0 Å². The quantitative estimate of drug-likeness (QED) is 0.644. The molecular formula is C11H8ClFN4O. The number of rotatable bonds is 2. The minimum Gasteiger partial charge on any atom is -0.396 e. The van der Waals surface area contributed by atoms with E-state index in [0.29, 0.717) is 0 Å². The Morgan fingerprint density at radius 3 is 2.78 bits per heavy atom. The first-order valence-electron chi connectivity index (χ1n) is 4.90. The van der Waals surface area contributed by atoms with Crippen LogP contribution in [0.15, 0.2) is 30.6 Å². The molecular weight excluding hydrogens is 259 g/mol. The van der Waals surface area contributed by atoms with Crippen LogP contribution in [0.4, 0.5) is 15.9 Å². The van der Waals surface area contributed by atoms with E-state index < -0.39 is 11.7 Å². The Morgan fingerprint density at radius 2 is 2.11 bits per heavy atom. The second kappa shape index (κ2) is 4.97. The van der Waals surface area contributed by atoms with Gasteiger partial charge in [0.1, 0.15) is 23.1 Å². The molecule has 0 saturated heterocycles. The number of anilines is 2. The van der Waals surface area contributed by atoms with Crippen LogP contribution in [0, 0.1) is 5.82 Å². The number of nitrogens with one attached hydrogen (secondary N) is 1. The monoisotopic (exact) mass is 266 g/mol. The predicted molar refractivity (Wildman–Crippen MR) is 65.8 cm³/mol. The molecule has 0 spiro atoms. The summed E-state index contributed by atoms with van der Waals surface area (Å²) in [5.74, 6) is -0.927. The van der Waals surface area contributed by atoms with Crippen LogP contribution in [0.25, 0.3) is 0 Å². The molecule has 7 heteroatoms. The van der Waals surface area contributed by atoms with Gasteiger partial charge in [0.05, 0.1) is 5.69 Å². The second-order valence-electron chi connectivity index (χ2n) is 3.42. The average Bonchev–Trinajstić information content (AvgIpc) is 2.32. The summed E-state index contributed by atoms with van der Waals surface area (Å²) in [5.41, 5.74) is 5.44. The van der Waals surface area contributed by atoms with E-state index in [-0.39, 0.29) is 22.2 Å². The van der Waals surface area contributed by atoms with Gasteiger partial charge >= 0.3 is 0 Å². The molecule has 0 fully saturated rings. The first kappa shape index (κ1) is 12.3. The first-order chi connectivity index (χ1) is 8.56. The number of carbonyl (C=O) groups is 1. The average molecular weight is 267 g/mol. The molecule has 5 nitrogen and oxygen atoms in total. The Balaban J connectivity index is 2.19. The molecule has 0 unspecified atom stereocenters. The molecule has 3 N–H and O–H groups in total. The molecule has 92 valence electrons. The van der Waals surface area contributed by atoms with Gasteiger partial charge in [0.15, 0.2) is 0 Å². The second-order valence-corrected chi connectivity index (χ2v) is 3.80. The van der Waals surface area contributed by atoms with Crippen molar-refractivity contribution in [2.45, 2.75) is 0 Å². The van der Waals surface area contributed by atoms with Gasteiger partial charge in [-0.2, -0.15) is 0 Å². The lowest BCUT2D eigenvalue weighted by molar-refractivity contribution is 0.102. The Bertz CT molecular complexity index is 605. The van der Waals surface area contributed by atoms with E-state index in [2.05, 4.69) is 15.3 Å². The summed E-state index contributed by atoms with van der Waals surface area (Å²) in [4.78, 5) is 19.2. The molecule has 0 aliphatic heterocycles. The van der Waals surface area contributed by atoms with Crippen molar-refractivity contribution in [2.24, 2.45) is 0 Å². The van der Waals surface area contributed by atoms with E-state index in [4.69, 9.17) is 17.3 Å². The molecule has 0 aliphatic carbocycles. The molecule has 2 rings (SSSR count). The predicted octanol–water partition coefficient (Wildman–Crippen LogP) is 2.10. The van der Waals surface area contributed by atoms with Gasteiger partial charge in [0.2, 0.25) is 0 Å². The summed E-state index contributed by atoms with van der Waals surface area (Å²) in [6.45, 7) is 0. The SMILES string of the molecule is Nc1ccc(C(=O)Nc2cc(Cl)ncn2)cc1F. The van der Waals surface area contributed by atoms with Gasteiger partial charge in [0.25, 0.3) is 5.91 Å². The smallest absolute Gasteiger partial charge is 0.256 e. The Kier molecular flexibility index (Phi) is 3.38. The van der Waals surface area contributed by atoms with Crippen LogP contribution in [0.2, 0.25) is 5.15 Å². The molecule has 0 aliphatic rings. The van der Waals surface area contributed by atoms with Crippen molar-refractivity contribution in [2.75, 3.05) is 11.1 Å². The number of nitrogen functional groups attached to an aromatic ring is 1. The number of carbonyl (C=O) groups excluding carboxylic acids is 1. The van der Waals surface area contributed by atoms with E-state index >= 15 is 0 Å². The van der Waals surface area contributed by atoms with E-state index in [1.807, 2.05) is 0 Å². The van der Waals surface area contributed by atoms with Gasteiger partial charge in [-0.15, -0.1) is 0 Å². The maximum atomic E-state index is 13.2. The highest BCUT2D eigenvalue weighted by atomic mass is 35.5. The van der Waals surface area contributed by atoms with Crippen molar-refractivity contribution in [1.29, 1.82) is 0 Å². The molecule has 0 saturated carbocycles. The van der Waals surface area contributed by atoms with Crippen molar-refractivity contribution in [3.8, 4) is 0 Å². The zero-order valence-electron chi connectivity index (χ0n) is 9.02. The lowest BCUT2D eigenvalue weighted by Gasteiger charge is -2.05. The largest absolute Gasteiger partial charge is 0.396 e. The van der Waals surface area contributed by atoms with Gasteiger partial charge in [-0.05, 0) is 18.2 Å². The van der Waals surface area contributed by atoms with Crippen LogP contribution in [0.3, 0.4) is 0 Å². The van der Waals surface area contributed by atoms with Crippen molar-refractivity contribution >= 4 is 29.0 Å². The van der Waals surface area contributed by atoms with Gasteiger partial charge in [0, 0.05) is 11.6 Å². The third-order valence-electron chi connectivity index (χ3n) is 2.14. The summed E-state index contributed by atoms with van der Waals surface area (Å²) in [6.07, 6.45) is 1.21. The number of hydrogen-bond donors (Lipinski definition) is 2. The van der Waals surface area contributed by atoms with Crippen LogP contribution >= 0.6 is 11.6 Å². The van der Waals surface area contributed by atoms with Gasteiger partial charge in [-0.25, -0.2) is 14.4 Å². The maximum Gasteiger partial charge on any atom is 0.256 e. The summed E-state index contributed by atoms with van der Waals surface area (Å²) in [6, 6.07) is 5.16. The van der Waals surface area contributed by atoms with Crippen molar-refractivity contribution in [3.63, 3.8) is 0 Å². The molecule has 1 heterocycles. The fraction of sp³-hybridized carbons (Fsp3) is 0. The summed E-state index contributed by atoms with van der Waals surface area (Å²) in [7, 11) is 0. The summed E-state index contributed by atoms with van der Waals surface area (Å²) < 4.78 is 13.2. The summed E-state index contributed by atoms with van der Waals surface area (Å²) in [5, 5.41) is 2.66. The Labute approximate surface area is 107 Å². The Morgan fingerprint density at radius 1 is 1.33 bits per heavy atom. The Hall–Kier alpha value is -2.21. The van der Waals surface area contributed by atoms with Crippen molar-refractivity contribution in [1.82, 2.24) is 9.97 Å². The molecule has 18 heavy (non-hydrogen) atoms. The lowest BCUT2D eigenvalue weighted by Crippen LogP contribution is -2.13. The van der Waals surface area contributed by atoms with E-state index in [0.717, 1.165) is 6.07 Å². The fourth-order valence-electron chi connectivity index (χ4n) is 1.26. The van der Waals surface area contributed by atoms with Crippen LogP contribution < -0.4 is 11.1 Å². The lowest BCUT2D eigenvalue weighted by atomic mass is 10.2. The molecule has 1 aromatic carbocycles. The number of nitrogens with two attached hydrogens (primary N) is 1. The minimum atomic E-state index is -0.650. The number of hydrogen-bond acceptors (Lipinski definition) is 4. The molecule has 0 atom stereocenters. The van der Waals surface area contributed by atoms with Crippen LogP contribution in [-0.4, -0.2) is 15.9 Å². The molecule has 1 aromatic heterocycles. The van der Waals surface area contributed by atoms with Crippen molar-refractivity contribution < 1.29 is 9.18 Å². The van der Waals surface area contributed by atoms with E-state index in [1.165, 1.54) is 24.5 Å². The maximum absolute atomic E-state index is 13.2. The van der Waals surface area contributed by atoms with E-state index in [1.54, 1.807) is 0 Å². The van der Waals surface area contributed by atoms with Gasteiger partial charge in [-0.1, -0.05) is 11.6 Å². The third-order valence-corrected chi connectivity index (χ3v) is 2.34. The molecule has 1 amide bonds.